The number of ether oxygens (including phenoxy) is 1. The Labute approximate surface area is 109 Å². The van der Waals surface area contributed by atoms with Crippen molar-refractivity contribution in [3.8, 4) is 0 Å². The molecule has 1 rings (SSSR count). The number of rotatable bonds is 9. The molecule has 0 aliphatic heterocycles. The largest absolute Gasteiger partial charge is 0.478 e. The van der Waals surface area contributed by atoms with Crippen molar-refractivity contribution >= 4 is 5.97 Å². The standard InChI is InChI=1S/C15H22O3/c1-2-3-4-5-6-10-18-12-13-8-7-9-14(11-13)15(16)17/h7-9,11H,2-6,10,12H2,1H3,(H,16,17). The van der Waals surface area contributed by atoms with E-state index in [0.717, 1.165) is 18.6 Å². The minimum atomic E-state index is -0.892. The van der Waals surface area contributed by atoms with Gasteiger partial charge in [0.25, 0.3) is 0 Å². The third-order valence-electron chi connectivity index (χ3n) is 2.83. The average Bonchev–Trinajstić information content (AvgIpc) is 2.38. The highest BCUT2D eigenvalue weighted by Gasteiger charge is 2.02. The summed E-state index contributed by atoms with van der Waals surface area (Å²) in [7, 11) is 0. The molecule has 1 aromatic carbocycles. The third kappa shape index (κ3) is 5.82. The molecule has 0 unspecified atom stereocenters. The van der Waals surface area contributed by atoms with Gasteiger partial charge in [-0.05, 0) is 24.1 Å². The van der Waals surface area contributed by atoms with Crippen LogP contribution in [0.1, 0.15) is 54.9 Å². The van der Waals surface area contributed by atoms with Crippen LogP contribution in [0.25, 0.3) is 0 Å². The average molecular weight is 250 g/mol. The lowest BCUT2D eigenvalue weighted by molar-refractivity contribution is 0.0696. The van der Waals surface area contributed by atoms with E-state index in [0.29, 0.717) is 12.2 Å². The topological polar surface area (TPSA) is 46.5 Å². The van der Waals surface area contributed by atoms with Gasteiger partial charge in [0.05, 0.1) is 12.2 Å². The first-order valence-corrected chi connectivity index (χ1v) is 6.64. The molecule has 0 radical (unpaired) electrons. The molecule has 100 valence electrons. The summed E-state index contributed by atoms with van der Waals surface area (Å²) >= 11 is 0. The zero-order valence-corrected chi connectivity index (χ0v) is 11.0. The second-order valence-corrected chi connectivity index (χ2v) is 4.47. The highest BCUT2D eigenvalue weighted by molar-refractivity contribution is 5.87. The maximum Gasteiger partial charge on any atom is 0.335 e. The number of carboxylic acids is 1. The van der Waals surface area contributed by atoms with Crippen molar-refractivity contribution in [1.29, 1.82) is 0 Å². The van der Waals surface area contributed by atoms with Gasteiger partial charge in [0.1, 0.15) is 0 Å². The maximum absolute atomic E-state index is 10.8. The molecule has 1 N–H and O–H groups in total. The highest BCUT2D eigenvalue weighted by Crippen LogP contribution is 2.08. The van der Waals surface area contributed by atoms with E-state index in [-0.39, 0.29) is 0 Å². The van der Waals surface area contributed by atoms with E-state index in [2.05, 4.69) is 6.92 Å². The summed E-state index contributed by atoms with van der Waals surface area (Å²) in [6.45, 7) is 3.45. The number of benzene rings is 1. The molecule has 1 aromatic rings. The number of hydrogen-bond donors (Lipinski definition) is 1. The molecule has 18 heavy (non-hydrogen) atoms. The first-order chi connectivity index (χ1) is 8.74. The molecule has 0 aliphatic rings. The number of hydrogen-bond acceptors (Lipinski definition) is 2. The monoisotopic (exact) mass is 250 g/mol. The van der Waals surface area contributed by atoms with Gasteiger partial charge in [-0.1, -0.05) is 44.7 Å². The van der Waals surface area contributed by atoms with Crippen molar-refractivity contribution in [3.05, 3.63) is 35.4 Å². The zero-order valence-electron chi connectivity index (χ0n) is 11.0. The Bertz CT molecular complexity index is 361. The second-order valence-electron chi connectivity index (χ2n) is 4.47. The molecular weight excluding hydrogens is 228 g/mol. The van der Waals surface area contributed by atoms with Crippen LogP contribution in [0.15, 0.2) is 24.3 Å². The quantitative estimate of drug-likeness (QED) is 0.677. The van der Waals surface area contributed by atoms with E-state index in [1.165, 1.54) is 25.7 Å². The van der Waals surface area contributed by atoms with Gasteiger partial charge in [0.2, 0.25) is 0 Å². The molecule has 3 heteroatoms. The van der Waals surface area contributed by atoms with Crippen molar-refractivity contribution < 1.29 is 14.6 Å². The molecule has 0 saturated heterocycles. The Morgan fingerprint density at radius 2 is 2.00 bits per heavy atom. The van der Waals surface area contributed by atoms with Crippen LogP contribution in [0.4, 0.5) is 0 Å². The molecule has 0 heterocycles. The lowest BCUT2D eigenvalue weighted by Gasteiger charge is -2.05. The van der Waals surface area contributed by atoms with Gasteiger partial charge in [0.15, 0.2) is 0 Å². The zero-order chi connectivity index (χ0) is 13.2. The smallest absolute Gasteiger partial charge is 0.335 e. The summed E-state index contributed by atoms with van der Waals surface area (Å²) in [5.41, 5.74) is 1.24. The van der Waals surface area contributed by atoms with Crippen LogP contribution in [0.2, 0.25) is 0 Å². The van der Waals surface area contributed by atoms with Crippen LogP contribution >= 0.6 is 0 Å². The molecule has 0 spiro atoms. The van der Waals surface area contributed by atoms with Crippen molar-refractivity contribution in [3.63, 3.8) is 0 Å². The molecular formula is C15H22O3. The summed E-state index contributed by atoms with van der Waals surface area (Å²) in [6.07, 6.45) is 6.11. The summed E-state index contributed by atoms with van der Waals surface area (Å²) < 4.78 is 5.54. The number of carbonyl (C=O) groups is 1. The molecule has 3 nitrogen and oxygen atoms in total. The van der Waals surface area contributed by atoms with Gasteiger partial charge in [-0.3, -0.25) is 0 Å². The fourth-order valence-electron chi connectivity index (χ4n) is 1.79. The predicted octanol–water partition coefficient (Wildman–Crippen LogP) is 3.87. The molecule has 0 amide bonds. The molecule has 0 atom stereocenters. The maximum atomic E-state index is 10.8. The van der Waals surface area contributed by atoms with Gasteiger partial charge >= 0.3 is 5.97 Å². The summed E-state index contributed by atoms with van der Waals surface area (Å²) in [6, 6.07) is 6.91. The fourth-order valence-corrected chi connectivity index (χ4v) is 1.79. The molecule has 0 aromatic heterocycles. The van der Waals surface area contributed by atoms with Crippen LogP contribution in [0.3, 0.4) is 0 Å². The van der Waals surface area contributed by atoms with Gasteiger partial charge in [0, 0.05) is 6.61 Å². The summed E-state index contributed by atoms with van der Waals surface area (Å²) in [4.78, 5) is 10.8. The summed E-state index contributed by atoms with van der Waals surface area (Å²) in [5, 5.41) is 8.86. The summed E-state index contributed by atoms with van der Waals surface area (Å²) in [5.74, 6) is -0.892. The Kier molecular flexibility index (Phi) is 7.11. The van der Waals surface area contributed by atoms with Crippen molar-refractivity contribution in [2.45, 2.75) is 45.6 Å². The van der Waals surface area contributed by atoms with E-state index in [1.54, 1.807) is 18.2 Å². The molecule has 0 fully saturated rings. The van der Waals surface area contributed by atoms with Crippen LogP contribution in [0, 0.1) is 0 Å². The van der Waals surface area contributed by atoms with E-state index >= 15 is 0 Å². The van der Waals surface area contributed by atoms with E-state index < -0.39 is 5.97 Å². The normalized spacial score (nSPS) is 10.5. The van der Waals surface area contributed by atoms with Crippen LogP contribution in [-0.2, 0) is 11.3 Å². The lowest BCUT2D eigenvalue weighted by Crippen LogP contribution is -1.99. The van der Waals surface area contributed by atoms with Gasteiger partial charge in [-0.25, -0.2) is 4.79 Å². The van der Waals surface area contributed by atoms with Gasteiger partial charge in [-0.2, -0.15) is 0 Å². The Hall–Kier alpha value is -1.35. The van der Waals surface area contributed by atoms with Crippen molar-refractivity contribution in [2.24, 2.45) is 0 Å². The highest BCUT2D eigenvalue weighted by atomic mass is 16.5. The van der Waals surface area contributed by atoms with Gasteiger partial charge in [-0.15, -0.1) is 0 Å². The predicted molar refractivity (Wildman–Crippen MR) is 71.8 cm³/mol. The first kappa shape index (κ1) is 14.7. The Morgan fingerprint density at radius 1 is 1.22 bits per heavy atom. The van der Waals surface area contributed by atoms with Crippen LogP contribution in [-0.4, -0.2) is 17.7 Å². The van der Waals surface area contributed by atoms with Crippen molar-refractivity contribution in [2.75, 3.05) is 6.61 Å². The molecule has 0 bridgehead atoms. The fraction of sp³-hybridized carbons (Fsp3) is 0.533. The minimum Gasteiger partial charge on any atom is -0.478 e. The van der Waals surface area contributed by atoms with E-state index in [4.69, 9.17) is 9.84 Å². The SMILES string of the molecule is CCCCCCCOCc1cccc(C(=O)O)c1. The van der Waals surface area contributed by atoms with Crippen LogP contribution < -0.4 is 0 Å². The Balaban J connectivity index is 2.19. The van der Waals surface area contributed by atoms with E-state index in [9.17, 15) is 4.79 Å². The second kappa shape index (κ2) is 8.70. The van der Waals surface area contributed by atoms with E-state index in [1.807, 2.05) is 6.07 Å². The first-order valence-electron chi connectivity index (χ1n) is 6.64. The lowest BCUT2D eigenvalue weighted by atomic mass is 10.1. The molecule has 0 saturated carbocycles. The number of unbranched alkanes of at least 4 members (excludes halogenated alkanes) is 4. The molecule has 0 aliphatic carbocycles. The van der Waals surface area contributed by atoms with Gasteiger partial charge < -0.3 is 9.84 Å². The number of carboxylic acid groups (broad SMARTS) is 1. The van der Waals surface area contributed by atoms with Crippen LogP contribution in [0.5, 0.6) is 0 Å². The minimum absolute atomic E-state index is 0.319. The van der Waals surface area contributed by atoms with Crippen molar-refractivity contribution in [1.82, 2.24) is 0 Å². The third-order valence-corrected chi connectivity index (χ3v) is 2.83. The Morgan fingerprint density at radius 3 is 2.72 bits per heavy atom. The number of aromatic carboxylic acids is 1.